The summed E-state index contributed by atoms with van der Waals surface area (Å²) in [6.07, 6.45) is 1.87. The fraction of sp³-hybridized carbons (Fsp3) is 0.438. The number of thiophene rings is 1. The lowest BCUT2D eigenvalue weighted by Gasteiger charge is -2.38. The second-order valence-corrected chi connectivity index (χ2v) is 6.99. The van der Waals surface area contributed by atoms with Crippen LogP contribution in [0.4, 0.5) is 0 Å². The van der Waals surface area contributed by atoms with E-state index >= 15 is 0 Å². The van der Waals surface area contributed by atoms with E-state index in [0.717, 1.165) is 32.5 Å². The minimum Gasteiger partial charge on any atom is -0.409 e. The van der Waals surface area contributed by atoms with Crippen LogP contribution in [0.1, 0.15) is 25.3 Å². The van der Waals surface area contributed by atoms with E-state index in [-0.39, 0.29) is 5.41 Å². The fourth-order valence-corrected chi connectivity index (χ4v) is 3.93. The second-order valence-electron chi connectivity index (χ2n) is 6.08. The first-order chi connectivity index (χ1) is 10.1. The summed E-state index contributed by atoms with van der Waals surface area (Å²) < 4.78 is 1.35. The van der Waals surface area contributed by atoms with Crippen LogP contribution in [0.5, 0.6) is 0 Å². The van der Waals surface area contributed by atoms with Gasteiger partial charge in [-0.15, -0.1) is 11.3 Å². The SMILES string of the molecule is CC1(/C(N)=N/O)CCN(Cc2csc3ccccc23)CC1. The Morgan fingerprint density at radius 2 is 2.10 bits per heavy atom. The molecule has 5 heteroatoms. The molecular weight excluding hydrogens is 282 g/mol. The van der Waals surface area contributed by atoms with E-state index in [9.17, 15) is 0 Å². The van der Waals surface area contributed by atoms with E-state index in [1.807, 2.05) is 11.3 Å². The minimum absolute atomic E-state index is 0.165. The van der Waals surface area contributed by atoms with Crippen LogP contribution in [0.3, 0.4) is 0 Å². The second kappa shape index (κ2) is 5.66. The van der Waals surface area contributed by atoms with E-state index in [4.69, 9.17) is 10.9 Å². The number of nitrogens with two attached hydrogens (primary N) is 1. The molecule has 3 N–H and O–H groups in total. The summed E-state index contributed by atoms with van der Waals surface area (Å²) in [5, 5.41) is 15.7. The summed E-state index contributed by atoms with van der Waals surface area (Å²) in [5.41, 5.74) is 7.06. The summed E-state index contributed by atoms with van der Waals surface area (Å²) in [5.74, 6) is 0.364. The standard InChI is InChI=1S/C16H21N3OS/c1-16(15(17)18-20)6-8-19(9-7-16)10-12-11-21-14-5-3-2-4-13(12)14/h2-5,11,20H,6-10H2,1H3,(H2,17,18). The summed E-state index contributed by atoms with van der Waals surface area (Å²) in [6, 6.07) is 8.57. The molecule has 2 aromatic rings. The number of benzene rings is 1. The van der Waals surface area contributed by atoms with Crippen molar-refractivity contribution >= 4 is 27.3 Å². The molecule has 1 aliphatic rings. The van der Waals surface area contributed by atoms with Gasteiger partial charge in [0.2, 0.25) is 0 Å². The lowest BCUT2D eigenvalue weighted by atomic mass is 9.79. The van der Waals surface area contributed by atoms with Gasteiger partial charge in [-0.2, -0.15) is 0 Å². The molecule has 0 unspecified atom stereocenters. The first-order valence-corrected chi connectivity index (χ1v) is 8.16. The predicted molar refractivity (Wildman–Crippen MR) is 87.9 cm³/mol. The molecule has 112 valence electrons. The smallest absolute Gasteiger partial charge is 0.145 e. The number of hydrogen-bond donors (Lipinski definition) is 2. The number of fused-ring (bicyclic) bond motifs is 1. The molecule has 0 amide bonds. The lowest BCUT2D eigenvalue weighted by molar-refractivity contribution is 0.153. The van der Waals surface area contributed by atoms with Crippen molar-refractivity contribution in [3.8, 4) is 0 Å². The maximum absolute atomic E-state index is 8.89. The van der Waals surface area contributed by atoms with Crippen LogP contribution in [0.25, 0.3) is 10.1 Å². The van der Waals surface area contributed by atoms with Gasteiger partial charge in [-0.3, -0.25) is 4.90 Å². The summed E-state index contributed by atoms with van der Waals surface area (Å²) >= 11 is 1.81. The number of likely N-dealkylation sites (tertiary alicyclic amines) is 1. The Hall–Kier alpha value is -1.59. The number of piperidine rings is 1. The Bertz CT molecular complexity index is 656. The van der Waals surface area contributed by atoms with E-state index in [1.54, 1.807) is 0 Å². The number of nitrogens with zero attached hydrogens (tertiary/aromatic N) is 2. The van der Waals surface area contributed by atoms with Crippen LogP contribution in [0.2, 0.25) is 0 Å². The third-order valence-corrected chi connectivity index (χ3v) is 5.65. The quantitative estimate of drug-likeness (QED) is 0.396. The van der Waals surface area contributed by atoms with E-state index in [1.165, 1.54) is 15.6 Å². The first kappa shape index (κ1) is 14.4. The molecule has 1 aliphatic heterocycles. The minimum atomic E-state index is -0.165. The highest BCUT2D eigenvalue weighted by atomic mass is 32.1. The largest absolute Gasteiger partial charge is 0.409 e. The van der Waals surface area contributed by atoms with Crippen molar-refractivity contribution in [2.45, 2.75) is 26.3 Å². The molecule has 1 saturated heterocycles. The van der Waals surface area contributed by atoms with Crippen LogP contribution in [0.15, 0.2) is 34.8 Å². The Morgan fingerprint density at radius 3 is 2.81 bits per heavy atom. The van der Waals surface area contributed by atoms with Gasteiger partial charge in [0.1, 0.15) is 5.84 Å². The summed E-state index contributed by atoms with van der Waals surface area (Å²) in [4.78, 5) is 2.46. The van der Waals surface area contributed by atoms with Gasteiger partial charge in [-0.05, 0) is 48.3 Å². The van der Waals surface area contributed by atoms with Crippen molar-refractivity contribution in [1.29, 1.82) is 0 Å². The average molecular weight is 303 g/mol. The third-order valence-electron chi connectivity index (χ3n) is 4.64. The van der Waals surface area contributed by atoms with Gasteiger partial charge >= 0.3 is 0 Å². The Kier molecular flexibility index (Phi) is 3.87. The number of amidine groups is 1. The van der Waals surface area contributed by atoms with Gasteiger partial charge in [0, 0.05) is 16.7 Å². The van der Waals surface area contributed by atoms with Gasteiger partial charge in [-0.1, -0.05) is 30.3 Å². The molecule has 1 aromatic carbocycles. The van der Waals surface area contributed by atoms with Crippen molar-refractivity contribution in [2.24, 2.45) is 16.3 Å². The van der Waals surface area contributed by atoms with Crippen molar-refractivity contribution in [2.75, 3.05) is 13.1 Å². The van der Waals surface area contributed by atoms with Crippen LogP contribution in [0, 0.1) is 5.41 Å². The molecule has 2 heterocycles. The van der Waals surface area contributed by atoms with Crippen molar-refractivity contribution in [3.63, 3.8) is 0 Å². The Morgan fingerprint density at radius 1 is 1.38 bits per heavy atom. The van der Waals surface area contributed by atoms with Crippen LogP contribution >= 0.6 is 11.3 Å². The zero-order chi connectivity index (χ0) is 14.9. The molecule has 0 atom stereocenters. The number of hydrogen-bond acceptors (Lipinski definition) is 4. The molecule has 21 heavy (non-hydrogen) atoms. The number of rotatable bonds is 3. The van der Waals surface area contributed by atoms with Gasteiger partial charge in [0.05, 0.1) is 0 Å². The molecule has 0 spiro atoms. The average Bonchev–Trinajstić information content (AvgIpc) is 2.92. The monoisotopic (exact) mass is 303 g/mol. The topological polar surface area (TPSA) is 61.9 Å². The number of oxime groups is 1. The Labute approximate surface area is 128 Å². The Balaban J connectivity index is 1.68. The molecule has 0 radical (unpaired) electrons. The van der Waals surface area contributed by atoms with Gasteiger partial charge in [-0.25, -0.2) is 0 Å². The molecule has 1 fully saturated rings. The normalized spacial score (nSPS) is 20.0. The summed E-state index contributed by atoms with van der Waals surface area (Å²) in [6.45, 7) is 5.03. The molecule has 1 aromatic heterocycles. The van der Waals surface area contributed by atoms with Crippen LogP contribution in [-0.4, -0.2) is 29.0 Å². The highest BCUT2D eigenvalue weighted by Crippen LogP contribution is 2.33. The van der Waals surface area contributed by atoms with Gasteiger partial charge < -0.3 is 10.9 Å². The lowest BCUT2D eigenvalue weighted by Crippen LogP contribution is -2.45. The maximum Gasteiger partial charge on any atom is 0.145 e. The highest BCUT2D eigenvalue weighted by Gasteiger charge is 2.34. The van der Waals surface area contributed by atoms with Gasteiger partial charge in [0.25, 0.3) is 0 Å². The molecule has 0 saturated carbocycles. The van der Waals surface area contributed by atoms with Gasteiger partial charge in [0.15, 0.2) is 0 Å². The zero-order valence-corrected chi connectivity index (χ0v) is 13.1. The van der Waals surface area contributed by atoms with Crippen LogP contribution < -0.4 is 5.73 Å². The molecule has 4 nitrogen and oxygen atoms in total. The van der Waals surface area contributed by atoms with Crippen molar-refractivity contribution < 1.29 is 5.21 Å². The predicted octanol–water partition coefficient (Wildman–Crippen LogP) is 3.25. The molecule has 0 aliphatic carbocycles. The highest BCUT2D eigenvalue weighted by molar-refractivity contribution is 7.17. The van der Waals surface area contributed by atoms with Crippen molar-refractivity contribution in [1.82, 2.24) is 4.90 Å². The third kappa shape index (κ3) is 2.76. The maximum atomic E-state index is 8.89. The molecule has 0 bridgehead atoms. The zero-order valence-electron chi connectivity index (χ0n) is 12.2. The van der Waals surface area contributed by atoms with E-state index in [2.05, 4.69) is 46.6 Å². The first-order valence-electron chi connectivity index (χ1n) is 7.28. The van der Waals surface area contributed by atoms with E-state index < -0.39 is 0 Å². The van der Waals surface area contributed by atoms with E-state index in [0.29, 0.717) is 5.84 Å². The van der Waals surface area contributed by atoms with Crippen LogP contribution in [-0.2, 0) is 6.54 Å². The summed E-state index contributed by atoms with van der Waals surface area (Å²) in [7, 11) is 0. The fourth-order valence-electron chi connectivity index (χ4n) is 2.98. The van der Waals surface area contributed by atoms with Crippen molar-refractivity contribution in [3.05, 3.63) is 35.2 Å². The molecular formula is C16H21N3OS. The molecule has 3 rings (SSSR count).